The molecule has 7 heteroatoms. The average molecular weight is 316 g/mol. The maximum Gasteiger partial charge on any atom is 0.277 e. The zero-order chi connectivity index (χ0) is 15.3. The first-order chi connectivity index (χ1) is 10.6. The van der Waals surface area contributed by atoms with Gasteiger partial charge in [0.15, 0.2) is 16.3 Å². The third-order valence-electron chi connectivity index (χ3n) is 3.55. The molecule has 0 spiro atoms. The summed E-state index contributed by atoms with van der Waals surface area (Å²) in [5.74, 6) is 1.16. The normalized spacial score (nSPS) is 20.0. The minimum Gasteiger partial charge on any atom is -0.454 e. The second-order valence-electron chi connectivity index (χ2n) is 5.22. The van der Waals surface area contributed by atoms with E-state index in [0.717, 1.165) is 5.56 Å². The maximum atomic E-state index is 12.4. The van der Waals surface area contributed by atoms with Crippen LogP contribution in [0.25, 0.3) is 6.08 Å². The van der Waals surface area contributed by atoms with Crippen LogP contribution in [-0.4, -0.2) is 23.3 Å². The zero-order valence-corrected chi connectivity index (χ0v) is 12.6. The Morgan fingerprint density at radius 3 is 3.00 bits per heavy atom. The highest BCUT2D eigenvalue weighted by atomic mass is 32.1. The van der Waals surface area contributed by atoms with Crippen molar-refractivity contribution in [1.82, 2.24) is 4.57 Å². The molecule has 0 N–H and O–H groups in total. The molecular weight excluding hydrogens is 304 g/mol. The molecule has 0 radical (unpaired) electrons. The number of hydrogen-bond donors (Lipinski definition) is 0. The van der Waals surface area contributed by atoms with Crippen molar-refractivity contribution >= 4 is 23.3 Å². The molecule has 4 rings (SSSR count). The molecule has 1 atom stereocenters. The van der Waals surface area contributed by atoms with E-state index in [9.17, 15) is 9.59 Å². The summed E-state index contributed by atoms with van der Waals surface area (Å²) >= 11 is 1.23. The van der Waals surface area contributed by atoms with Gasteiger partial charge in [0.2, 0.25) is 12.7 Å². The van der Waals surface area contributed by atoms with Crippen LogP contribution < -0.4 is 24.4 Å². The molecule has 0 bridgehead atoms. The van der Waals surface area contributed by atoms with Crippen molar-refractivity contribution in [2.45, 2.75) is 19.4 Å². The first-order valence-electron chi connectivity index (χ1n) is 6.86. The molecule has 22 heavy (non-hydrogen) atoms. The SMILES string of the molecule is CC1CC(=O)n2c(s/c(=C/c3ccc4c(c3)OCO4)c2=O)=N1. The summed E-state index contributed by atoms with van der Waals surface area (Å²) < 4.78 is 12.2. The summed E-state index contributed by atoms with van der Waals surface area (Å²) in [6, 6.07) is 5.38. The van der Waals surface area contributed by atoms with Crippen LogP contribution in [-0.2, 0) is 0 Å². The Labute approximate surface area is 128 Å². The molecular formula is C15H12N2O4S. The van der Waals surface area contributed by atoms with Crippen LogP contribution in [0.1, 0.15) is 23.7 Å². The molecule has 2 aromatic rings. The van der Waals surface area contributed by atoms with Gasteiger partial charge >= 0.3 is 0 Å². The standard InChI is InChI=1S/C15H12N2O4S/c1-8-4-13(18)17-14(19)12(22-15(17)16-8)6-9-2-3-10-11(5-9)21-7-20-10/h2-3,5-6,8H,4,7H2,1H3/b12-6+. The number of thiazole rings is 1. The molecule has 0 amide bonds. The molecule has 1 aromatic heterocycles. The molecule has 3 heterocycles. The van der Waals surface area contributed by atoms with Crippen molar-refractivity contribution in [3.8, 4) is 11.5 Å². The highest BCUT2D eigenvalue weighted by Gasteiger charge is 2.21. The van der Waals surface area contributed by atoms with Crippen molar-refractivity contribution in [3.05, 3.63) is 43.5 Å². The number of ether oxygens (including phenoxy) is 2. The van der Waals surface area contributed by atoms with Crippen molar-refractivity contribution in [3.63, 3.8) is 0 Å². The fourth-order valence-corrected chi connectivity index (χ4v) is 3.59. The summed E-state index contributed by atoms with van der Waals surface area (Å²) in [6.07, 6.45) is 2.01. The Bertz CT molecular complexity index is 957. The van der Waals surface area contributed by atoms with Crippen LogP contribution in [0.4, 0.5) is 0 Å². The topological polar surface area (TPSA) is 69.9 Å². The molecule has 1 aromatic carbocycles. The van der Waals surface area contributed by atoms with E-state index in [-0.39, 0.29) is 30.7 Å². The Kier molecular flexibility index (Phi) is 2.90. The second-order valence-corrected chi connectivity index (χ2v) is 6.23. The monoisotopic (exact) mass is 316 g/mol. The van der Waals surface area contributed by atoms with E-state index in [4.69, 9.17) is 9.47 Å². The molecule has 0 saturated carbocycles. The van der Waals surface area contributed by atoms with Gasteiger partial charge in [-0.25, -0.2) is 4.57 Å². The lowest BCUT2D eigenvalue weighted by Gasteiger charge is -2.09. The average Bonchev–Trinajstić information content (AvgIpc) is 3.04. The van der Waals surface area contributed by atoms with E-state index in [0.29, 0.717) is 20.8 Å². The van der Waals surface area contributed by atoms with Gasteiger partial charge in [-0.1, -0.05) is 17.4 Å². The number of benzene rings is 1. The highest BCUT2D eigenvalue weighted by molar-refractivity contribution is 7.07. The fourth-order valence-electron chi connectivity index (χ4n) is 2.51. The van der Waals surface area contributed by atoms with Crippen LogP contribution in [0.3, 0.4) is 0 Å². The smallest absolute Gasteiger partial charge is 0.277 e. The van der Waals surface area contributed by atoms with Gasteiger partial charge in [0.1, 0.15) is 0 Å². The fraction of sp³-hybridized carbons (Fsp3) is 0.267. The minimum absolute atomic E-state index is 0.0797. The number of hydrogen-bond acceptors (Lipinski definition) is 6. The van der Waals surface area contributed by atoms with Crippen LogP contribution in [0.5, 0.6) is 11.5 Å². The van der Waals surface area contributed by atoms with Crippen molar-refractivity contribution < 1.29 is 14.3 Å². The van der Waals surface area contributed by atoms with Crippen LogP contribution in [0, 0.1) is 0 Å². The highest BCUT2D eigenvalue weighted by Crippen LogP contribution is 2.32. The van der Waals surface area contributed by atoms with E-state index in [2.05, 4.69) is 4.99 Å². The van der Waals surface area contributed by atoms with Gasteiger partial charge < -0.3 is 9.47 Å². The predicted molar refractivity (Wildman–Crippen MR) is 80.2 cm³/mol. The molecule has 2 aliphatic heterocycles. The minimum atomic E-state index is -0.307. The lowest BCUT2D eigenvalue weighted by atomic mass is 10.2. The quantitative estimate of drug-likeness (QED) is 0.769. The lowest BCUT2D eigenvalue weighted by molar-refractivity contribution is 0.0877. The first kappa shape index (κ1) is 13.3. The number of nitrogens with zero attached hydrogens (tertiary/aromatic N) is 2. The molecule has 1 unspecified atom stereocenters. The Morgan fingerprint density at radius 1 is 1.32 bits per heavy atom. The van der Waals surface area contributed by atoms with Gasteiger partial charge in [-0.05, 0) is 30.7 Å². The molecule has 0 aliphatic carbocycles. The number of aromatic nitrogens is 1. The van der Waals surface area contributed by atoms with Crippen molar-refractivity contribution in [2.24, 2.45) is 4.99 Å². The van der Waals surface area contributed by atoms with E-state index in [1.54, 1.807) is 12.1 Å². The summed E-state index contributed by atoms with van der Waals surface area (Å²) in [4.78, 5) is 29.2. The lowest BCUT2D eigenvalue weighted by Crippen LogP contribution is -2.40. The van der Waals surface area contributed by atoms with E-state index in [1.807, 2.05) is 19.1 Å². The number of carbonyl (C=O) groups is 1. The predicted octanol–water partition coefficient (Wildman–Crippen LogP) is 0.519. The molecule has 0 fully saturated rings. The molecule has 0 saturated heterocycles. The van der Waals surface area contributed by atoms with Gasteiger partial charge in [0, 0.05) is 6.42 Å². The Morgan fingerprint density at radius 2 is 2.14 bits per heavy atom. The Hall–Kier alpha value is -2.41. The molecule has 2 aliphatic rings. The third-order valence-corrected chi connectivity index (χ3v) is 4.53. The summed E-state index contributed by atoms with van der Waals surface area (Å²) in [6.45, 7) is 2.08. The number of fused-ring (bicyclic) bond motifs is 2. The Balaban J connectivity index is 1.88. The summed E-state index contributed by atoms with van der Waals surface area (Å²) in [5, 5.41) is 0. The van der Waals surface area contributed by atoms with E-state index < -0.39 is 0 Å². The maximum absolute atomic E-state index is 12.4. The molecule has 112 valence electrons. The molecule has 6 nitrogen and oxygen atoms in total. The van der Waals surface area contributed by atoms with Crippen molar-refractivity contribution in [2.75, 3.05) is 6.79 Å². The number of rotatable bonds is 1. The largest absolute Gasteiger partial charge is 0.454 e. The third kappa shape index (κ3) is 2.05. The number of carbonyl (C=O) groups excluding carboxylic acids is 1. The van der Waals surface area contributed by atoms with Crippen molar-refractivity contribution in [1.29, 1.82) is 0 Å². The van der Waals surface area contributed by atoms with Gasteiger partial charge in [0.25, 0.3) is 5.56 Å². The van der Waals surface area contributed by atoms with E-state index >= 15 is 0 Å². The van der Waals surface area contributed by atoms with Crippen LogP contribution in [0.2, 0.25) is 0 Å². The van der Waals surface area contributed by atoms with Gasteiger partial charge in [-0.3, -0.25) is 14.6 Å². The van der Waals surface area contributed by atoms with Crippen LogP contribution >= 0.6 is 11.3 Å². The van der Waals surface area contributed by atoms with E-state index in [1.165, 1.54) is 15.9 Å². The first-order valence-corrected chi connectivity index (χ1v) is 7.68. The summed E-state index contributed by atoms with van der Waals surface area (Å²) in [7, 11) is 0. The zero-order valence-electron chi connectivity index (χ0n) is 11.7. The van der Waals surface area contributed by atoms with Gasteiger partial charge in [-0.15, -0.1) is 0 Å². The van der Waals surface area contributed by atoms with Gasteiger partial charge in [-0.2, -0.15) is 0 Å². The van der Waals surface area contributed by atoms with Gasteiger partial charge in [0.05, 0.1) is 10.6 Å². The second kappa shape index (κ2) is 4.81. The van der Waals surface area contributed by atoms with Crippen LogP contribution in [0.15, 0.2) is 28.0 Å². The summed E-state index contributed by atoms with van der Waals surface area (Å²) in [5.41, 5.74) is 0.513.